The van der Waals surface area contributed by atoms with Gasteiger partial charge in [-0.15, -0.1) is 11.3 Å². The predicted molar refractivity (Wildman–Crippen MR) is 81.0 cm³/mol. The van der Waals surface area contributed by atoms with E-state index in [0.717, 1.165) is 21.3 Å². The van der Waals surface area contributed by atoms with E-state index in [1.807, 2.05) is 42.6 Å². The molecule has 0 amide bonds. The molecule has 0 aliphatic heterocycles. The summed E-state index contributed by atoms with van der Waals surface area (Å²) in [4.78, 5) is 5.45. The number of benzene rings is 2. The zero-order valence-corrected chi connectivity index (χ0v) is 11.5. The number of nitrogens with zero attached hydrogens (tertiary/aromatic N) is 1. The molecule has 20 heavy (non-hydrogen) atoms. The Morgan fingerprint density at radius 1 is 1.05 bits per heavy atom. The Labute approximate surface area is 120 Å². The molecule has 3 aromatic rings. The summed E-state index contributed by atoms with van der Waals surface area (Å²) in [5.41, 5.74) is 1.97. The van der Waals surface area contributed by atoms with Crippen molar-refractivity contribution in [1.82, 2.24) is 4.98 Å². The maximum absolute atomic E-state index is 13.1. The molecule has 0 fully saturated rings. The van der Waals surface area contributed by atoms with Crippen LogP contribution in [0.2, 0.25) is 0 Å². The van der Waals surface area contributed by atoms with Crippen LogP contribution in [-0.4, -0.2) is 4.98 Å². The highest BCUT2D eigenvalue weighted by atomic mass is 32.1. The average molecular weight is 284 g/mol. The van der Waals surface area contributed by atoms with Crippen molar-refractivity contribution in [3.63, 3.8) is 0 Å². The zero-order chi connectivity index (χ0) is 13.8. The van der Waals surface area contributed by atoms with Gasteiger partial charge in [-0.25, -0.2) is 9.37 Å². The fourth-order valence-electron chi connectivity index (χ4n) is 1.94. The summed E-state index contributed by atoms with van der Waals surface area (Å²) < 4.78 is 13.1. The van der Waals surface area contributed by atoms with Crippen LogP contribution >= 0.6 is 11.3 Å². The van der Waals surface area contributed by atoms with Crippen molar-refractivity contribution < 1.29 is 4.39 Å². The number of para-hydroxylation sites is 1. The molecule has 0 saturated heterocycles. The van der Waals surface area contributed by atoms with E-state index in [2.05, 4.69) is 10.3 Å². The SMILES string of the molecule is Fc1cccc(Cc2cnc(Nc3ccccc3)s2)c1. The van der Waals surface area contributed by atoms with E-state index >= 15 is 0 Å². The van der Waals surface area contributed by atoms with E-state index in [1.165, 1.54) is 6.07 Å². The minimum atomic E-state index is -0.199. The summed E-state index contributed by atoms with van der Waals surface area (Å²) >= 11 is 1.58. The Morgan fingerprint density at radius 3 is 2.70 bits per heavy atom. The van der Waals surface area contributed by atoms with Gasteiger partial charge in [0, 0.05) is 23.2 Å². The number of hydrogen-bond acceptors (Lipinski definition) is 3. The number of hydrogen-bond donors (Lipinski definition) is 1. The molecule has 0 saturated carbocycles. The second kappa shape index (κ2) is 5.84. The lowest BCUT2D eigenvalue weighted by atomic mass is 10.1. The molecule has 0 unspecified atom stereocenters. The molecule has 1 aromatic heterocycles. The van der Waals surface area contributed by atoms with Gasteiger partial charge in [-0.05, 0) is 29.8 Å². The molecule has 0 aliphatic rings. The van der Waals surface area contributed by atoms with E-state index in [0.29, 0.717) is 6.42 Å². The summed E-state index contributed by atoms with van der Waals surface area (Å²) in [7, 11) is 0. The number of rotatable bonds is 4. The fourth-order valence-corrected chi connectivity index (χ4v) is 2.81. The normalized spacial score (nSPS) is 10.4. The highest BCUT2D eigenvalue weighted by molar-refractivity contribution is 7.15. The highest BCUT2D eigenvalue weighted by Gasteiger charge is 2.04. The highest BCUT2D eigenvalue weighted by Crippen LogP contribution is 2.24. The molecular formula is C16H13FN2S. The molecule has 2 aromatic carbocycles. The molecule has 1 heterocycles. The minimum Gasteiger partial charge on any atom is -0.332 e. The van der Waals surface area contributed by atoms with Gasteiger partial charge < -0.3 is 5.32 Å². The van der Waals surface area contributed by atoms with E-state index < -0.39 is 0 Å². The van der Waals surface area contributed by atoms with Crippen LogP contribution in [-0.2, 0) is 6.42 Å². The smallest absolute Gasteiger partial charge is 0.187 e. The second-order valence-electron chi connectivity index (χ2n) is 4.43. The molecule has 2 nitrogen and oxygen atoms in total. The number of thiazole rings is 1. The van der Waals surface area contributed by atoms with Crippen LogP contribution in [0.1, 0.15) is 10.4 Å². The first-order chi connectivity index (χ1) is 9.79. The van der Waals surface area contributed by atoms with Crippen molar-refractivity contribution in [1.29, 1.82) is 0 Å². The molecule has 0 spiro atoms. The fraction of sp³-hybridized carbons (Fsp3) is 0.0625. The van der Waals surface area contributed by atoms with Crippen molar-refractivity contribution in [2.75, 3.05) is 5.32 Å². The van der Waals surface area contributed by atoms with Crippen molar-refractivity contribution in [2.24, 2.45) is 0 Å². The number of nitrogens with one attached hydrogen (secondary N) is 1. The zero-order valence-electron chi connectivity index (χ0n) is 10.7. The summed E-state index contributed by atoms with van der Waals surface area (Å²) in [5.74, 6) is -0.199. The molecule has 0 aliphatic carbocycles. The van der Waals surface area contributed by atoms with Crippen molar-refractivity contribution in [2.45, 2.75) is 6.42 Å². The second-order valence-corrected chi connectivity index (χ2v) is 5.54. The Kier molecular flexibility index (Phi) is 3.74. The first-order valence-electron chi connectivity index (χ1n) is 6.31. The Hall–Kier alpha value is -2.20. The quantitative estimate of drug-likeness (QED) is 0.756. The monoisotopic (exact) mass is 284 g/mol. The minimum absolute atomic E-state index is 0.199. The molecule has 3 rings (SSSR count). The number of halogens is 1. The maximum Gasteiger partial charge on any atom is 0.187 e. The molecular weight excluding hydrogens is 271 g/mol. The van der Waals surface area contributed by atoms with Gasteiger partial charge in [0.05, 0.1) is 0 Å². The van der Waals surface area contributed by atoms with Crippen LogP contribution in [0.3, 0.4) is 0 Å². The van der Waals surface area contributed by atoms with Crippen LogP contribution in [0.15, 0.2) is 60.8 Å². The van der Waals surface area contributed by atoms with Crippen molar-refractivity contribution in [3.05, 3.63) is 77.1 Å². The molecule has 0 atom stereocenters. The van der Waals surface area contributed by atoms with Crippen molar-refractivity contribution in [3.8, 4) is 0 Å². The van der Waals surface area contributed by atoms with Crippen LogP contribution < -0.4 is 5.32 Å². The van der Waals surface area contributed by atoms with Gasteiger partial charge in [-0.2, -0.15) is 0 Å². The van der Waals surface area contributed by atoms with Crippen LogP contribution in [0.5, 0.6) is 0 Å². The van der Waals surface area contributed by atoms with E-state index in [-0.39, 0.29) is 5.82 Å². The molecule has 1 N–H and O–H groups in total. The maximum atomic E-state index is 13.1. The number of anilines is 2. The largest absolute Gasteiger partial charge is 0.332 e. The van der Waals surface area contributed by atoms with Crippen LogP contribution in [0.4, 0.5) is 15.2 Å². The van der Waals surface area contributed by atoms with Gasteiger partial charge in [0.15, 0.2) is 5.13 Å². The third kappa shape index (κ3) is 3.22. The summed E-state index contributed by atoms with van der Waals surface area (Å²) in [6.07, 6.45) is 2.53. The Bertz CT molecular complexity index is 694. The molecule has 100 valence electrons. The summed E-state index contributed by atoms with van der Waals surface area (Å²) in [6, 6.07) is 16.6. The lowest BCUT2D eigenvalue weighted by Gasteiger charge is -2.00. The van der Waals surface area contributed by atoms with Gasteiger partial charge >= 0.3 is 0 Å². The third-order valence-corrected chi connectivity index (χ3v) is 3.76. The summed E-state index contributed by atoms with van der Waals surface area (Å²) in [5, 5.41) is 4.10. The van der Waals surface area contributed by atoms with Gasteiger partial charge in [-0.3, -0.25) is 0 Å². The van der Waals surface area contributed by atoms with E-state index in [4.69, 9.17) is 0 Å². The van der Waals surface area contributed by atoms with Gasteiger partial charge in [0.1, 0.15) is 5.82 Å². The van der Waals surface area contributed by atoms with Gasteiger partial charge in [0.25, 0.3) is 0 Å². The molecule has 0 bridgehead atoms. The van der Waals surface area contributed by atoms with Gasteiger partial charge in [0.2, 0.25) is 0 Å². The number of aromatic nitrogens is 1. The lowest BCUT2D eigenvalue weighted by molar-refractivity contribution is 0.626. The summed E-state index contributed by atoms with van der Waals surface area (Å²) in [6.45, 7) is 0. The Balaban J connectivity index is 1.71. The first-order valence-corrected chi connectivity index (χ1v) is 7.12. The van der Waals surface area contributed by atoms with E-state index in [9.17, 15) is 4.39 Å². The standard InChI is InChI=1S/C16H13FN2S/c17-13-6-4-5-12(9-13)10-15-11-18-16(20-15)19-14-7-2-1-3-8-14/h1-9,11H,10H2,(H,18,19). The third-order valence-electron chi connectivity index (χ3n) is 2.85. The molecule has 0 radical (unpaired) electrons. The van der Waals surface area contributed by atoms with Crippen LogP contribution in [0.25, 0.3) is 0 Å². The predicted octanol–water partition coefficient (Wildman–Crippen LogP) is 4.62. The molecule has 4 heteroatoms. The van der Waals surface area contributed by atoms with Crippen molar-refractivity contribution >= 4 is 22.2 Å². The topological polar surface area (TPSA) is 24.9 Å². The average Bonchev–Trinajstić information content (AvgIpc) is 2.87. The van der Waals surface area contributed by atoms with Crippen LogP contribution in [0, 0.1) is 5.82 Å². The first kappa shape index (κ1) is 12.8. The lowest BCUT2D eigenvalue weighted by Crippen LogP contribution is -1.87. The van der Waals surface area contributed by atoms with Gasteiger partial charge in [-0.1, -0.05) is 30.3 Å². The van der Waals surface area contributed by atoms with E-state index in [1.54, 1.807) is 23.5 Å². The Morgan fingerprint density at radius 2 is 1.90 bits per heavy atom.